The number of methoxy groups -OCH3 is 2. The molecule has 0 fully saturated rings. The number of ketones is 1. The van der Waals surface area contributed by atoms with Crippen LogP contribution in [0.1, 0.15) is 74.6 Å². The van der Waals surface area contributed by atoms with Crippen LogP contribution in [0.3, 0.4) is 0 Å². The Morgan fingerprint density at radius 1 is 0.875 bits per heavy atom. The van der Waals surface area contributed by atoms with Crippen LogP contribution >= 0.6 is 0 Å². The number of benzene rings is 1. The first-order valence-corrected chi connectivity index (χ1v) is 9.22. The van der Waals surface area contributed by atoms with Crippen LogP contribution in [0.5, 0.6) is 11.5 Å². The number of carbonyl (C=O) groups excluding carboxylic acids is 1. The molecule has 132 valence electrons. The van der Waals surface area contributed by atoms with Crippen LogP contribution in [-0.2, 0) is 0 Å². The molecule has 0 spiro atoms. The Hall–Kier alpha value is -1.77. The van der Waals surface area contributed by atoms with Gasteiger partial charge in [0.05, 0.1) is 19.8 Å². The van der Waals surface area contributed by atoms with Crippen LogP contribution in [-0.4, -0.2) is 20.0 Å². The molecule has 0 unspecified atom stereocenters. The molecule has 3 nitrogen and oxygen atoms in total. The first-order chi connectivity index (χ1) is 11.8. The Balaban J connectivity index is 2.17. The van der Waals surface area contributed by atoms with Gasteiger partial charge in [-0.15, -0.1) is 0 Å². The van der Waals surface area contributed by atoms with Crippen LogP contribution in [0.15, 0.2) is 29.8 Å². The third-order valence-electron chi connectivity index (χ3n) is 4.74. The highest BCUT2D eigenvalue weighted by molar-refractivity contribution is 6.10. The molecule has 1 aliphatic carbocycles. The van der Waals surface area contributed by atoms with Crippen molar-refractivity contribution in [1.82, 2.24) is 0 Å². The Morgan fingerprint density at radius 2 is 1.54 bits per heavy atom. The maximum atomic E-state index is 13.0. The second-order valence-corrected chi connectivity index (χ2v) is 6.49. The molecule has 24 heavy (non-hydrogen) atoms. The first-order valence-electron chi connectivity index (χ1n) is 9.22. The quantitative estimate of drug-likeness (QED) is 0.662. The van der Waals surface area contributed by atoms with E-state index in [0.29, 0.717) is 17.1 Å². The highest BCUT2D eigenvalue weighted by atomic mass is 16.5. The minimum Gasteiger partial charge on any atom is -0.497 e. The van der Waals surface area contributed by atoms with Gasteiger partial charge in [-0.05, 0) is 43.4 Å². The van der Waals surface area contributed by atoms with Gasteiger partial charge in [0.15, 0.2) is 5.78 Å². The van der Waals surface area contributed by atoms with E-state index in [-0.39, 0.29) is 5.78 Å². The normalized spacial score (nSPS) is 19.3. The zero-order valence-electron chi connectivity index (χ0n) is 15.1. The number of Topliss-reactive ketones (excluding diaryl/α,β-unsaturated/α-hetero) is 1. The topological polar surface area (TPSA) is 35.5 Å². The number of rotatable bonds is 4. The molecule has 0 atom stereocenters. The molecule has 1 aliphatic rings. The van der Waals surface area contributed by atoms with Crippen LogP contribution < -0.4 is 9.47 Å². The number of ether oxygens (including phenoxy) is 2. The van der Waals surface area contributed by atoms with Gasteiger partial charge >= 0.3 is 0 Å². The fourth-order valence-electron chi connectivity index (χ4n) is 3.26. The minimum atomic E-state index is 0.103. The molecular formula is C21H30O3. The molecule has 1 aromatic carbocycles. The lowest BCUT2D eigenvalue weighted by molar-refractivity contribution is 0.102. The van der Waals surface area contributed by atoms with E-state index in [0.717, 1.165) is 24.8 Å². The van der Waals surface area contributed by atoms with Crippen molar-refractivity contribution in [2.45, 2.75) is 64.2 Å². The molecular weight excluding hydrogens is 300 g/mol. The molecule has 0 bridgehead atoms. The summed E-state index contributed by atoms with van der Waals surface area (Å²) in [6.45, 7) is 0. The average molecular weight is 330 g/mol. The lowest BCUT2D eigenvalue weighted by atomic mass is 9.94. The largest absolute Gasteiger partial charge is 0.497 e. The second kappa shape index (κ2) is 10.2. The Labute approximate surface area is 146 Å². The number of hydrogen-bond donors (Lipinski definition) is 0. The SMILES string of the molecule is COc1ccc(C(=O)/C2=C/CCCCCCCCCC2)c(OC)c1. The molecule has 0 aromatic heterocycles. The summed E-state index contributed by atoms with van der Waals surface area (Å²) in [6.07, 6.45) is 14.1. The third-order valence-corrected chi connectivity index (χ3v) is 4.74. The van der Waals surface area contributed by atoms with Gasteiger partial charge in [0.1, 0.15) is 11.5 Å². The van der Waals surface area contributed by atoms with Gasteiger partial charge in [-0.3, -0.25) is 4.79 Å². The van der Waals surface area contributed by atoms with Crippen molar-refractivity contribution in [3.05, 3.63) is 35.4 Å². The summed E-state index contributed by atoms with van der Waals surface area (Å²) in [7, 11) is 3.21. The predicted octanol–water partition coefficient (Wildman–Crippen LogP) is 5.73. The van der Waals surface area contributed by atoms with Crippen molar-refractivity contribution < 1.29 is 14.3 Å². The van der Waals surface area contributed by atoms with Gasteiger partial charge in [0.2, 0.25) is 0 Å². The highest BCUT2D eigenvalue weighted by Crippen LogP contribution is 2.28. The number of allylic oxidation sites excluding steroid dienone is 2. The molecule has 0 radical (unpaired) electrons. The van der Waals surface area contributed by atoms with E-state index in [1.807, 2.05) is 12.1 Å². The van der Waals surface area contributed by atoms with Crippen molar-refractivity contribution in [1.29, 1.82) is 0 Å². The lowest BCUT2D eigenvalue weighted by Gasteiger charge is -2.13. The smallest absolute Gasteiger partial charge is 0.192 e. The Kier molecular flexibility index (Phi) is 7.87. The summed E-state index contributed by atoms with van der Waals surface area (Å²) in [5.74, 6) is 1.40. The summed E-state index contributed by atoms with van der Waals surface area (Å²) in [6, 6.07) is 5.42. The third kappa shape index (κ3) is 5.40. The zero-order valence-corrected chi connectivity index (χ0v) is 15.1. The van der Waals surface area contributed by atoms with Gasteiger partial charge in [-0.25, -0.2) is 0 Å². The summed E-state index contributed by atoms with van der Waals surface area (Å²) in [5.41, 5.74) is 1.58. The van der Waals surface area contributed by atoms with E-state index < -0.39 is 0 Å². The van der Waals surface area contributed by atoms with E-state index in [4.69, 9.17) is 9.47 Å². The monoisotopic (exact) mass is 330 g/mol. The molecule has 0 amide bonds. The van der Waals surface area contributed by atoms with Crippen molar-refractivity contribution in [3.8, 4) is 11.5 Å². The summed E-state index contributed by atoms with van der Waals surface area (Å²) >= 11 is 0. The maximum Gasteiger partial charge on any atom is 0.192 e. The van der Waals surface area contributed by atoms with E-state index in [9.17, 15) is 4.79 Å². The van der Waals surface area contributed by atoms with E-state index >= 15 is 0 Å². The van der Waals surface area contributed by atoms with Gasteiger partial charge in [0.25, 0.3) is 0 Å². The molecule has 0 saturated heterocycles. The van der Waals surface area contributed by atoms with Crippen LogP contribution in [0, 0.1) is 0 Å². The molecule has 0 heterocycles. The van der Waals surface area contributed by atoms with Crippen molar-refractivity contribution in [3.63, 3.8) is 0 Å². The molecule has 0 N–H and O–H groups in total. The molecule has 2 rings (SSSR count). The number of carbonyl (C=O) groups is 1. The second-order valence-electron chi connectivity index (χ2n) is 6.49. The highest BCUT2D eigenvalue weighted by Gasteiger charge is 2.17. The summed E-state index contributed by atoms with van der Waals surface area (Å²) in [5, 5.41) is 0. The standard InChI is InChI=1S/C21H30O3/c1-23-18-14-15-19(20(16-18)24-2)21(22)17-12-10-8-6-4-3-5-7-9-11-13-17/h12,14-16H,3-11,13H2,1-2H3/b17-12+. The maximum absolute atomic E-state index is 13.0. The van der Waals surface area contributed by atoms with E-state index in [2.05, 4.69) is 6.08 Å². The van der Waals surface area contributed by atoms with Gasteiger partial charge in [-0.1, -0.05) is 44.6 Å². The Morgan fingerprint density at radius 3 is 2.21 bits per heavy atom. The molecule has 0 aliphatic heterocycles. The van der Waals surface area contributed by atoms with Crippen molar-refractivity contribution >= 4 is 5.78 Å². The Bertz CT molecular complexity index is 560. The lowest BCUT2D eigenvalue weighted by Crippen LogP contribution is -2.07. The van der Waals surface area contributed by atoms with Crippen molar-refractivity contribution in [2.75, 3.05) is 14.2 Å². The van der Waals surface area contributed by atoms with E-state index in [1.54, 1.807) is 20.3 Å². The average Bonchev–Trinajstić information content (AvgIpc) is 2.61. The predicted molar refractivity (Wildman–Crippen MR) is 98.1 cm³/mol. The first kappa shape index (κ1) is 18.6. The molecule has 1 aromatic rings. The molecule has 0 saturated carbocycles. The minimum absolute atomic E-state index is 0.103. The van der Waals surface area contributed by atoms with E-state index in [1.165, 1.54) is 44.9 Å². The van der Waals surface area contributed by atoms with Gasteiger partial charge < -0.3 is 9.47 Å². The number of hydrogen-bond acceptors (Lipinski definition) is 3. The molecule has 3 heteroatoms. The summed E-state index contributed by atoms with van der Waals surface area (Å²) < 4.78 is 10.6. The fourth-order valence-corrected chi connectivity index (χ4v) is 3.26. The van der Waals surface area contributed by atoms with Gasteiger partial charge in [-0.2, -0.15) is 0 Å². The fraction of sp³-hybridized carbons (Fsp3) is 0.571. The van der Waals surface area contributed by atoms with Crippen molar-refractivity contribution in [2.24, 2.45) is 0 Å². The van der Waals surface area contributed by atoms with Gasteiger partial charge in [0, 0.05) is 6.07 Å². The zero-order chi connectivity index (χ0) is 17.2. The summed E-state index contributed by atoms with van der Waals surface area (Å²) in [4.78, 5) is 13.0. The van der Waals surface area contributed by atoms with Crippen LogP contribution in [0.25, 0.3) is 0 Å². The van der Waals surface area contributed by atoms with Crippen LogP contribution in [0.2, 0.25) is 0 Å². The van der Waals surface area contributed by atoms with Crippen LogP contribution in [0.4, 0.5) is 0 Å².